The van der Waals surface area contributed by atoms with Gasteiger partial charge in [0.2, 0.25) is 0 Å². The topological polar surface area (TPSA) is 49.9 Å². The van der Waals surface area contributed by atoms with Crippen molar-refractivity contribution in [3.63, 3.8) is 0 Å². The molecule has 0 unspecified atom stereocenters. The summed E-state index contributed by atoms with van der Waals surface area (Å²) >= 11 is 6.26. The van der Waals surface area contributed by atoms with Gasteiger partial charge in [-0.25, -0.2) is 0 Å². The van der Waals surface area contributed by atoms with E-state index in [-0.39, 0.29) is 0 Å². The number of fused-ring (bicyclic) bond motifs is 2. The van der Waals surface area contributed by atoms with Crippen molar-refractivity contribution < 1.29 is 4.74 Å². The number of aromatic amines is 1. The maximum absolute atomic E-state index is 6.26. The lowest BCUT2D eigenvalue weighted by Crippen LogP contribution is -2.06. The van der Waals surface area contributed by atoms with Gasteiger partial charge in [-0.3, -0.25) is 5.10 Å². The Kier molecular flexibility index (Phi) is 2.04. The zero-order chi connectivity index (χ0) is 11.1. The molecule has 1 aliphatic rings. The van der Waals surface area contributed by atoms with Crippen LogP contribution in [0.25, 0.3) is 0 Å². The minimum absolute atomic E-state index is 0.660. The van der Waals surface area contributed by atoms with E-state index in [1.54, 1.807) is 13.3 Å². The van der Waals surface area contributed by atoms with Crippen molar-refractivity contribution in [1.82, 2.24) is 10.2 Å². The Morgan fingerprint density at radius 2 is 2.25 bits per heavy atom. The van der Waals surface area contributed by atoms with Crippen LogP contribution in [-0.2, 0) is 6.42 Å². The second-order valence-electron chi connectivity index (χ2n) is 3.67. The Morgan fingerprint density at radius 1 is 1.38 bits per heavy atom. The van der Waals surface area contributed by atoms with Crippen LogP contribution in [0.5, 0.6) is 5.75 Å². The summed E-state index contributed by atoms with van der Waals surface area (Å²) in [5, 5.41) is 10.9. The van der Waals surface area contributed by atoms with E-state index in [1.807, 2.05) is 12.1 Å². The van der Waals surface area contributed by atoms with Crippen molar-refractivity contribution >= 4 is 23.0 Å². The number of rotatable bonds is 1. The van der Waals surface area contributed by atoms with Gasteiger partial charge < -0.3 is 10.1 Å². The van der Waals surface area contributed by atoms with Crippen LogP contribution in [0.1, 0.15) is 11.3 Å². The zero-order valence-electron chi connectivity index (χ0n) is 8.67. The number of ether oxygens (including phenoxy) is 1. The van der Waals surface area contributed by atoms with Crippen molar-refractivity contribution in [1.29, 1.82) is 0 Å². The summed E-state index contributed by atoms with van der Waals surface area (Å²) in [6.07, 6.45) is 2.52. The molecular weight excluding hydrogens is 226 g/mol. The Balaban J connectivity index is 2.13. The molecule has 0 radical (unpaired) electrons. The van der Waals surface area contributed by atoms with E-state index in [9.17, 15) is 0 Å². The number of benzene rings is 1. The summed E-state index contributed by atoms with van der Waals surface area (Å²) in [4.78, 5) is 0. The van der Waals surface area contributed by atoms with Gasteiger partial charge in [0.1, 0.15) is 5.75 Å². The average molecular weight is 236 g/mol. The number of H-pyrrole nitrogens is 1. The highest BCUT2D eigenvalue weighted by Crippen LogP contribution is 2.39. The van der Waals surface area contributed by atoms with Crippen molar-refractivity contribution in [3.05, 3.63) is 34.6 Å². The molecule has 1 aromatic carbocycles. The van der Waals surface area contributed by atoms with Crippen LogP contribution in [0, 0.1) is 0 Å². The largest absolute Gasteiger partial charge is 0.495 e. The molecule has 0 fully saturated rings. The van der Waals surface area contributed by atoms with Gasteiger partial charge in [-0.2, -0.15) is 5.10 Å². The van der Waals surface area contributed by atoms with E-state index in [2.05, 4.69) is 15.5 Å². The molecule has 2 aromatic rings. The summed E-state index contributed by atoms with van der Waals surface area (Å²) < 4.78 is 5.19. The predicted molar refractivity (Wildman–Crippen MR) is 62.7 cm³/mol. The molecule has 0 saturated carbocycles. The molecule has 0 bridgehead atoms. The minimum atomic E-state index is 0.660. The fourth-order valence-electron chi connectivity index (χ4n) is 1.92. The highest BCUT2D eigenvalue weighted by molar-refractivity contribution is 6.33. The molecular formula is C11H10ClN3O. The predicted octanol–water partition coefficient (Wildman–Crippen LogP) is 2.72. The van der Waals surface area contributed by atoms with E-state index in [0.717, 1.165) is 29.1 Å². The lowest BCUT2D eigenvalue weighted by molar-refractivity contribution is 0.414. The number of nitrogens with one attached hydrogen (secondary N) is 2. The Bertz CT molecular complexity index is 550. The van der Waals surface area contributed by atoms with Crippen molar-refractivity contribution in [2.24, 2.45) is 0 Å². The number of anilines is 2. The van der Waals surface area contributed by atoms with Gasteiger partial charge in [-0.1, -0.05) is 11.6 Å². The lowest BCUT2D eigenvalue weighted by Gasteiger charge is -2.20. The van der Waals surface area contributed by atoms with Crippen LogP contribution in [0.15, 0.2) is 18.3 Å². The smallest absolute Gasteiger partial charge is 0.137 e. The molecule has 0 amide bonds. The van der Waals surface area contributed by atoms with Gasteiger partial charge in [-0.05, 0) is 12.1 Å². The first-order chi connectivity index (χ1) is 7.79. The van der Waals surface area contributed by atoms with E-state index in [1.165, 1.54) is 0 Å². The van der Waals surface area contributed by atoms with Crippen LogP contribution < -0.4 is 10.1 Å². The second kappa shape index (κ2) is 3.42. The van der Waals surface area contributed by atoms with Gasteiger partial charge in [0.15, 0.2) is 0 Å². The standard InChI is InChI=1S/C11H10ClN3O/c1-16-10-3-2-7-6(11(10)12)4-8-9(14-7)5-13-15-8/h2-3,5,14H,4H2,1H3,(H,13,15). The van der Waals surface area contributed by atoms with Gasteiger partial charge >= 0.3 is 0 Å². The monoisotopic (exact) mass is 235 g/mol. The van der Waals surface area contributed by atoms with E-state index >= 15 is 0 Å². The minimum Gasteiger partial charge on any atom is -0.495 e. The van der Waals surface area contributed by atoms with E-state index < -0.39 is 0 Å². The lowest BCUT2D eigenvalue weighted by atomic mass is 10.0. The first-order valence-electron chi connectivity index (χ1n) is 4.94. The Hall–Kier alpha value is -1.68. The summed E-state index contributed by atoms with van der Waals surface area (Å²) in [7, 11) is 1.62. The Morgan fingerprint density at radius 3 is 3.06 bits per heavy atom. The molecule has 0 aliphatic carbocycles. The van der Waals surface area contributed by atoms with Crippen LogP contribution >= 0.6 is 11.6 Å². The number of nitrogens with zero attached hydrogens (tertiary/aromatic N) is 1. The first-order valence-corrected chi connectivity index (χ1v) is 5.32. The maximum atomic E-state index is 6.26. The van der Waals surface area contributed by atoms with E-state index in [0.29, 0.717) is 10.8 Å². The quantitative estimate of drug-likeness (QED) is 0.682. The number of methoxy groups -OCH3 is 1. The highest BCUT2D eigenvalue weighted by Gasteiger charge is 2.20. The summed E-state index contributed by atoms with van der Waals surface area (Å²) in [6.45, 7) is 0. The summed E-state index contributed by atoms with van der Waals surface area (Å²) in [5.41, 5.74) is 4.11. The molecule has 2 N–H and O–H groups in total. The van der Waals surface area contributed by atoms with Crippen LogP contribution in [0.3, 0.4) is 0 Å². The maximum Gasteiger partial charge on any atom is 0.137 e. The molecule has 5 heteroatoms. The normalized spacial score (nSPS) is 12.6. The molecule has 4 nitrogen and oxygen atoms in total. The first kappa shape index (κ1) is 9.54. The Labute approximate surface area is 97.6 Å². The number of halogens is 1. The van der Waals surface area contributed by atoms with Crippen molar-refractivity contribution in [2.75, 3.05) is 12.4 Å². The average Bonchev–Trinajstić information content (AvgIpc) is 2.74. The highest BCUT2D eigenvalue weighted by atomic mass is 35.5. The van der Waals surface area contributed by atoms with Crippen molar-refractivity contribution in [2.45, 2.75) is 6.42 Å². The number of hydrogen-bond acceptors (Lipinski definition) is 3. The van der Waals surface area contributed by atoms with Gasteiger partial charge in [0, 0.05) is 17.7 Å². The third-order valence-electron chi connectivity index (χ3n) is 2.77. The van der Waals surface area contributed by atoms with Crippen molar-refractivity contribution in [3.8, 4) is 5.75 Å². The number of hydrogen-bond donors (Lipinski definition) is 2. The molecule has 82 valence electrons. The van der Waals surface area contributed by atoms with Gasteiger partial charge in [0.25, 0.3) is 0 Å². The third-order valence-corrected chi connectivity index (χ3v) is 3.18. The fourth-order valence-corrected chi connectivity index (χ4v) is 2.23. The molecule has 16 heavy (non-hydrogen) atoms. The number of aromatic nitrogens is 2. The SMILES string of the molecule is COc1ccc2c(c1Cl)Cc1[nH]ncc1N2. The molecule has 0 saturated heterocycles. The molecule has 0 spiro atoms. The van der Waals surface area contributed by atoms with Crippen LogP contribution in [-0.4, -0.2) is 17.3 Å². The molecule has 1 aliphatic heterocycles. The van der Waals surface area contributed by atoms with Crippen LogP contribution in [0.4, 0.5) is 11.4 Å². The fraction of sp³-hybridized carbons (Fsp3) is 0.182. The molecule has 1 aromatic heterocycles. The summed E-state index contributed by atoms with van der Waals surface area (Å²) in [6, 6.07) is 3.83. The zero-order valence-corrected chi connectivity index (χ0v) is 9.43. The van der Waals surface area contributed by atoms with E-state index in [4.69, 9.17) is 16.3 Å². The molecule has 3 rings (SSSR count). The second-order valence-corrected chi connectivity index (χ2v) is 4.05. The third kappa shape index (κ3) is 1.27. The molecule has 2 heterocycles. The summed E-state index contributed by atoms with van der Waals surface area (Å²) in [5.74, 6) is 0.699. The van der Waals surface area contributed by atoms with Gasteiger partial charge in [-0.15, -0.1) is 0 Å². The molecule has 0 atom stereocenters. The van der Waals surface area contributed by atoms with Gasteiger partial charge in [0.05, 0.1) is 29.7 Å². The van der Waals surface area contributed by atoms with Crippen LogP contribution in [0.2, 0.25) is 5.02 Å².